The SMILES string of the molecule is CNC(Cc1nccs1)C(=O)O. The summed E-state index contributed by atoms with van der Waals surface area (Å²) in [6.07, 6.45) is 2.12. The van der Waals surface area contributed by atoms with Crippen molar-refractivity contribution in [2.45, 2.75) is 12.5 Å². The third kappa shape index (κ3) is 2.28. The molecular weight excluding hydrogens is 176 g/mol. The molecule has 0 saturated carbocycles. The van der Waals surface area contributed by atoms with E-state index >= 15 is 0 Å². The number of carbonyl (C=O) groups is 1. The highest BCUT2D eigenvalue weighted by Crippen LogP contribution is 2.06. The third-order valence-electron chi connectivity index (χ3n) is 1.51. The van der Waals surface area contributed by atoms with Crippen LogP contribution in [0.4, 0.5) is 0 Å². The monoisotopic (exact) mass is 186 g/mol. The molecule has 0 radical (unpaired) electrons. The second kappa shape index (κ2) is 4.18. The lowest BCUT2D eigenvalue weighted by atomic mass is 10.2. The molecule has 0 saturated heterocycles. The predicted molar refractivity (Wildman–Crippen MR) is 46.3 cm³/mol. The maximum Gasteiger partial charge on any atom is 0.321 e. The van der Waals surface area contributed by atoms with Crippen LogP contribution in [0.1, 0.15) is 5.01 Å². The van der Waals surface area contributed by atoms with Crippen LogP contribution in [-0.2, 0) is 11.2 Å². The molecule has 0 aliphatic rings. The third-order valence-corrected chi connectivity index (χ3v) is 2.31. The number of likely N-dealkylation sites (N-methyl/N-ethyl adjacent to an activating group) is 1. The van der Waals surface area contributed by atoms with Gasteiger partial charge in [0.25, 0.3) is 0 Å². The molecule has 2 N–H and O–H groups in total. The molecule has 1 heterocycles. The first-order chi connectivity index (χ1) is 5.74. The van der Waals surface area contributed by atoms with Crippen LogP contribution in [0, 0.1) is 0 Å². The largest absolute Gasteiger partial charge is 0.480 e. The minimum Gasteiger partial charge on any atom is -0.480 e. The maximum absolute atomic E-state index is 10.6. The molecule has 5 heteroatoms. The van der Waals surface area contributed by atoms with Crippen molar-refractivity contribution in [3.63, 3.8) is 0 Å². The highest BCUT2D eigenvalue weighted by molar-refractivity contribution is 7.09. The molecule has 1 aromatic heterocycles. The van der Waals surface area contributed by atoms with Crippen molar-refractivity contribution in [1.82, 2.24) is 10.3 Å². The number of aliphatic carboxylic acids is 1. The van der Waals surface area contributed by atoms with Crippen LogP contribution in [0.2, 0.25) is 0 Å². The number of thiazole rings is 1. The first kappa shape index (κ1) is 9.15. The molecule has 66 valence electrons. The van der Waals surface area contributed by atoms with Gasteiger partial charge in [0, 0.05) is 18.0 Å². The summed E-state index contributed by atoms with van der Waals surface area (Å²) < 4.78 is 0. The summed E-state index contributed by atoms with van der Waals surface area (Å²) in [5.74, 6) is -0.840. The maximum atomic E-state index is 10.6. The van der Waals surface area contributed by atoms with Gasteiger partial charge in [0.05, 0.1) is 5.01 Å². The predicted octanol–water partition coefficient (Wildman–Crippen LogP) is 0.358. The summed E-state index contributed by atoms with van der Waals surface area (Å²) in [5, 5.41) is 14.1. The molecule has 0 spiro atoms. The number of nitrogens with one attached hydrogen (secondary N) is 1. The number of hydrogen-bond acceptors (Lipinski definition) is 4. The zero-order chi connectivity index (χ0) is 8.97. The van der Waals surface area contributed by atoms with Gasteiger partial charge in [0.1, 0.15) is 6.04 Å². The fraction of sp³-hybridized carbons (Fsp3) is 0.429. The summed E-state index contributed by atoms with van der Waals surface area (Å²) in [6.45, 7) is 0. The van der Waals surface area contributed by atoms with Crippen molar-refractivity contribution in [2.24, 2.45) is 0 Å². The minimum absolute atomic E-state index is 0.448. The van der Waals surface area contributed by atoms with E-state index in [4.69, 9.17) is 5.11 Å². The summed E-state index contributed by atoms with van der Waals surface area (Å²) in [7, 11) is 1.63. The molecular formula is C7H10N2O2S. The van der Waals surface area contributed by atoms with Crippen LogP contribution in [-0.4, -0.2) is 29.1 Å². The Kier molecular flexibility index (Phi) is 3.19. The van der Waals surface area contributed by atoms with Gasteiger partial charge in [-0.15, -0.1) is 11.3 Å². The topological polar surface area (TPSA) is 62.2 Å². The molecule has 0 aliphatic heterocycles. The Balaban J connectivity index is 2.54. The summed E-state index contributed by atoms with van der Waals surface area (Å²) >= 11 is 1.47. The Bertz CT molecular complexity index is 248. The molecule has 1 rings (SSSR count). The fourth-order valence-electron chi connectivity index (χ4n) is 0.841. The van der Waals surface area contributed by atoms with Crippen LogP contribution in [0.25, 0.3) is 0 Å². The molecule has 0 fully saturated rings. The van der Waals surface area contributed by atoms with Crippen molar-refractivity contribution in [2.75, 3.05) is 7.05 Å². The first-order valence-electron chi connectivity index (χ1n) is 3.52. The van der Waals surface area contributed by atoms with Crippen molar-refractivity contribution in [3.8, 4) is 0 Å². The Labute approximate surface area is 74.3 Å². The van der Waals surface area contributed by atoms with Gasteiger partial charge in [-0.1, -0.05) is 0 Å². The van der Waals surface area contributed by atoms with Gasteiger partial charge in [-0.3, -0.25) is 4.79 Å². The van der Waals surface area contributed by atoms with Gasteiger partial charge < -0.3 is 10.4 Å². The van der Waals surface area contributed by atoms with Gasteiger partial charge >= 0.3 is 5.97 Å². The Morgan fingerprint density at radius 1 is 1.92 bits per heavy atom. The van der Waals surface area contributed by atoms with Crippen molar-refractivity contribution >= 4 is 17.3 Å². The molecule has 1 unspecified atom stereocenters. The molecule has 0 aliphatic carbocycles. The quantitative estimate of drug-likeness (QED) is 0.712. The highest BCUT2D eigenvalue weighted by atomic mass is 32.1. The molecule has 0 bridgehead atoms. The van der Waals surface area contributed by atoms with E-state index in [0.717, 1.165) is 5.01 Å². The van der Waals surface area contributed by atoms with E-state index in [2.05, 4.69) is 10.3 Å². The van der Waals surface area contributed by atoms with Gasteiger partial charge in [0.2, 0.25) is 0 Å². The van der Waals surface area contributed by atoms with Gasteiger partial charge in [0.15, 0.2) is 0 Å². The second-order valence-corrected chi connectivity index (χ2v) is 3.29. The Hall–Kier alpha value is -0.940. The van der Waals surface area contributed by atoms with Crippen molar-refractivity contribution in [3.05, 3.63) is 16.6 Å². The van der Waals surface area contributed by atoms with Gasteiger partial charge in [-0.05, 0) is 7.05 Å². The number of rotatable bonds is 4. The highest BCUT2D eigenvalue weighted by Gasteiger charge is 2.15. The number of aromatic nitrogens is 1. The van der Waals surface area contributed by atoms with Gasteiger partial charge in [-0.2, -0.15) is 0 Å². The van der Waals surface area contributed by atoms with Crippen LogP contribution in [0.15, 0.2) is 11.6 Å². The Morgan fingerprint density at radius 3 is 3.08 bits per heavy atom. The molecule has 1 aromatic rings. The molecule has 1 atom stereocenters. The van der Waals surface area contributed by atoms with Crippen LogP contribution in [0.3, 0.4) is 0 Å². The van der Waals surface area contributed by atoms with E-state index in [1.807, 2.05) is 5.38 Å². The lowest BCUT2D eigenvalue weighted by molar-refractivity contribution is -0.139. The average molecular weight is 186 g/mol. The van der Waals surface area contributed by atoms with E-state index < -0.39 is 12.0 Å². The fourth-order valence-corrected chi connectivity index (χ4v) is 1.50. The number of carboxylic acid groups (broad SMARTS) is 1. The van der Waals surface area contributed by atoms with Crippen molar-refractivity contribution < 1.29 is 9.90 Å². The van der Waals surface area contributed by atoms with E-state index in [-0.39, 0.29) is 0 Å². The number of carboxylic acids is 1. The van der Waals surface area contributed by atoms with Crippen LogP contribution < -0.4 is 5.32 Å². The molecule has 12 heavy (non-hydrogen) atoms. The molecule has 0 amide bonds. The molecule has 0 aromatic carbocycles. The lowest BCUT2D eigenvalue weighted by Gasteiger charge is -2.07. The standard InChI is InChI=1S/C7H10N2O2S/c1-8-5(7(10)11)4-6-9-2-3-12-6/h2-3,5,8H,4H2,1H3,(H,10,11). The number of hydrogen-bond donors (Lipinski definition) is 2. The smallest absolute Gasteiger partial charge is 0.321 e. The average Bonchev–Trinajstić information content (AvgIpc) is 2.51. The second-order valence-electron chi connectivity index (χ2n) is 2.31. The van der Waals surface area contributed by atoms with Crippen LogP contribution in [0.5, 0.6) is 0 Å². The van der Waals surface area contributed by atoms with E-state index in [1.54, 1.807) is 13.2 Å². The van der Waals surface area contributed by atoms with E-state index in [0.29, 0.717) is 6.42 Å². The minimum atomic E-state index is -0.840. The van der Waals surface area contributed by atoms with Crippen LogP contribution >= 0.6 is 11.3 Å². The lowest BCUT2D eigenvalue weighted by Crippen LogP contribution is -2.35. The Morgan fingerprint density at radius 2 is 2.67 bits per heavy atom. The summed E-state index contributed by atoms with van der Waals surface area (Å²) in [6, 6.07) is -0.531. The van der Waals surface area contributed by atoms with E-state index in [1.165, 1.54) is 11.3 Å². The van der Waals surface area contributed by atoms with E-state index in [9.17, 15) is 4.79 Å². The first-order valence-corrected chi connectivity index (χ1v) is 4.40. The summed E-state index contributed by atoms with van der Waals surface area (Å²) in [4.78, 5) is 14.6. The molecule has 4 nitrogen and oxygen atoms in total. The zero-order valence-electron chi connectivity index (χ0n) is 6.65. The summed E-state index contributed by atoms with van der Waals surface area (Å²) in [5.41, 5.74) is 0. The zero-order valence-corrected chi connectivity index (χ0v) is 7.47. The number of nitrogens with zero attached hydrogens (tertiary/aromatic N) is 1. The van der Waals surface area contributed by atoms with Crippen molar-refractivity contribution in [1.29, 1.82) is 0 Å². The van der Waals surface area contributed by atoms with Gasteiger partial charge in [-0.25, -0.2) is 4.98 Å². The normalized spacial score (nSPS) is 12.8.